The Kier molecular flexibility index (Phi) is 5.13. The van der Waals surface area contributed by atoms with Gasteiger partial charge in [-0.15, -0.1) is 0 Å². The van der Waals surface area contributed by atoms with Crippen LogP contribution in [0.1, 0.15) is 47.9 Å². The SMILES string of the molecule is CSCCC(C(=O)ON1C(=O)c2ccccc2C1=O)N1C(=O)c2ccccc2C1=O. The van der Waals surface area contributed by atoms with Gasteiger partial charge in [0.2, 0.25) is 0 Å². The first-order valence-corrected chi connectivity index (χ1v) is 10.5. The molecule has 0 aliphatic carbocycles. The molecule has 2 heterocycles. The molecule has 4 rings (SSSR count). The van der Waals surface area contributed by atoms with Crippen LogP contribution in [0.2, 0.25) is 0 Å². The van der Waals surface area contributed by atoms with Crippen LogP contribution < -0.4 is 0 Å². The summed E-state index contributed by atoms with van der Waals surface area (Å²) in [4.78, 5) is 69.5. The van der Waals surface area contributed by atoms with Crippen LogP contribution in [0.4, 0.5) is 0 Å². The van der Waals surface area contributed by atoms with Crippen LogP contribution >= 0.6 is 11.8 Å². The molecule has 152 valence electrons. The van der Waals surface area contributed by atoms with Crippen LogP contribution in [-0.4, -0.2) is 57.6 Å². The molecular weight excluding hydrogens is 408 g/mol. The van der Waals surface area contributed by atoms with Gasteiger partial charge >= 0.3 is 5.97 Å². The Hall–Kier alpha value is -3.46. The van der Waals surface area contributed by atoms with Crippen LogP contribution in [0.3, 0.4) is 0 Å². The van der Waals surface area contributed by atoms with E-state index in [0.29, 0.717) is 10.8 Å². The molecule has 8 nitrogen and oxygen atoms in total. The fraction of sp³-hybridized carbons (Fsp3) is 0.190. The highest BCUT2D eigenvalue weighted by Crippen LogP contribution is 2.28. The standard InChI is InChI=1S/C21H16N2O6S/c1-30-11-10-16(22-17(24)12-6-2-3-7-13(12)18(22)25)21(28)29-23-19(26)14-8-4-5-9-15(14)20(23)27/h2-9,16H,10-11H2,1H3. The van der Waals surface area contributed by atoms with Crippen molar-refractivity contribution in [1.29, 1.82) is 0 Å². The molecule has 4 amide bonds. The quantitative estimate of drug-likeness (QED) is 0.655. The average molecular weight is 424 g/mol. The molecule has 0 aromatic heterocycles. The van der Waals surface area contributed by atoms with Gasteiger partial charge in [-0.05, 0) is 42.7 Å². The molecule has 0 saturated heterocycles. The van der Waals surface area contributed by atoms with Crippen molar-refractivity contribution < 1.29 is 28.8 Å². The van der Waals surface area contributed by atoms with E-state index in [9.17, 15) is 24.0 Å². The number of nitrogens with zero attached hydrogens (tertiary/aromatic N) is 2. The van der Waals surface area contributed by atoms with Gasteiger partial charge in [0.1, 0.15) is 6.04 Å². The molecule has 0 radical (unpaired) electrons. The van der Waals surface area contributed by atoms with Gasteiger partial charge in [-0.25, -0.2) is 4.79 Å². The first-order chi connectivity index (χ1) is 14.5. The van der Waals surface area contributed by atoms with E-state index in [0.717, 1.165) is 4.90 Å². The average Bonchev–Trinajstić information content (AvgIpc) is 3.15. The zero-order valence-electron chi connectivity index (χ0n) is 15.9. The molecule has 1 atom stereocenters. The van der Waals surface area contributed by atoms with Crippen molar-refractivity contribution in [3.05, 3.63) is 70.8 Å². The van der Waals surface area contributed by atoms with Gasteiger partial charge in [0.25, 0.3) is 23.6 Å². The van der Waals surface area contributed by atoms with Gasteiger partial charge in [-0.1, -0.05) is 29.3 Å². The van der Waals surface area contributed by atoms with Crippen LogP contribution in [0.25, 0.3) is 0 Å². The van der Waals surface area contributed by atoms with Crippen molar-refractivity contribution >= 4 is 41.4 Å². The van der Waals surface area contributed by atoms with E-state index in [4.69, 9.17) is 4.84 Å². The molecule has 0 bridgehead atoms. The van der Waals surface area contributed by atoms with Crippen molar-refractivity contribution in [2.24, 2.45) is 0 Å². The van der Waals surface area contributed by atoms with Gasteiger partial charge in [-0.2, -0.15) is 11.8 Å². The molecule has 1 unspecified atom stereocenters. The number of rotatable bonds is 6. The molecule has 30 heavy (non-hydrogen) atoms. The number of thioether (sulfide) groups is 1. The fourth-order valence-corrected chi connectivity index (χ4v) is 3.93. The van der Waals surface area contributed by atoms with Gasteiger partial charge in [0.05, 0.1) is 22.3 Å². The van der Waals surface area contributed by atoms with E-state index < -0.39 is 35.6 Å². The number of amides is 4. The highest BCUT2D eigenvalue weighted by Gasteiger charge is 2.46. The zero-order valence-corrected chi connectivity index (χ0v) is 16.7. The highest BCUT2D eigenvalue weighted by molar-refractivity contribution is 7.98. The summed E-state index contributed by atoms with van der Waals surface area (Å²) in [5.41, 5.74) is 0.642. The summed E-state index contributed by atoms with van der Waals surface area (Å²) < 4.78 is 0. The summed E-state index contributed by atoms with van der Waals surface area (Å²) >= 11 is 1.42. The van der Waals surface area contributed by atoms with Crippen molar-refractivity contribution in [2.45, 2.75) is 12.5 Å². The minimum atomic E-state index is -1.27. The van der Waals surface area contributed by atoms with Gasteiger partial charge in [0, 0.05) is 0 Å². The first kappa shape index (κ1) is 19.8. The number of benzene rings is 2. The summed E-state index contributed by atoms with van der Waals surface area (Å²) in [5.74, 6) is -3.32. The zero-order chi connectivity index (χ0) is 21.4. The number of fused-ring (bicyclic) bond motifs is 2. The monoisotopic (exact) mass is 424 g/mol. The summed E-state index contributed by atoms with van der Waals surface area (Å²) in [5, 5.41) is 0.386. The Balaban J connectivity index is 1.60. The van der Waals surface area contributed by atoms with Crippen molar-refractivity contribution in [2.75, 3.05) is 12.0 Å². The normalized spacial score (nSPS) is 16.0. The molecule has 9 heteroatoms. The van der Waals surface area contributed by atoms with Gasteiger partial charge < -0.3 is 4.84 Å². The van der Waals surface area contributed by atoms with E-state index in [1.54, 1.807) is 24.3 Å². The summed E-state index contributed by atoms with van der Waals surface area (Å²) in [6.45, 7) is 0. The predicted molar refractivity (Wildman–Crippen MR) is 107 cm³/mol. The Morgan fingerprint density at radius 2 is 1.27 bits per heavy atom. The molecular formula is C21H16N2O6S. The number of hydrogen-bond acceptors (Lipinski definition) is 7. The van der Waals surface area contributed by atoms with Crippen LogP contribution in [-0.2, 0) is 9.63 Å². The Labute approximate surface area is 175 Å². The van der Waals surface area contributed by atoms with E-state index in [1.807, 2.05) is 6.26 Å². The highest BCUT2D eigenvalue weighted by atomic mass is 32.2. The Morgan fingerprint density at radius 1 is 0.833 bits per heavy atom. The third-order valence-corrected chi connectivity index (χ3v) is 5.59. The number of hydroxylamine groups is 2. The minimum Gasteiger partial charge on any atom is -0.327 e. The van der Waals surface area contributed by atoms with Crippen molar-refractivity contribution in [1.82, 2.24) is 9.96 Å². The van der Waals surface area contributed by atoms with Crippen LogP contribution in [0, 0.1) is 0 Å². The molecule has 2 aromatic carbocycles. The second-order valence-electron chi connectivity index (χ2n) is 6.68. The third-order valence-electron chi connectivity index (χ3n) is 4.94. The van der Waals surface area contributed by atoms with Crippen molar-refractivity contribution in [3.63, 3.8) is 0 Å². The summed E-state index contributed by atoms with van der Waals surface area (Å²) in [6.07, 6.45) is 1.93. The molecule has 2 aromatic rings. The molecule has 0 spiro atoms. The molecule has 2 aliphatic heterocycles. The van der Waals surface area contributed by atoms with E-state index in [2.05, 4.69) is 0 Å². The first-order valence-electron chi connectivity index (χ1n) is 9.11. The minimum absolute atomic E-state index is 0.120. The van der Waals surface area contributed by atoms with E-state index in [-0.39, 0.29) is 28.7 Å². The van der Waals surface area contributed by atoms with Crippen molar-refractivity contribution in [3.8, 4) is 0 Å². The lowest BCUT2D eigenvalue weighted by Gasteiger charge is -2.25. The molecule has 0 N–H and O–H groups in total. The second kappa shape index (κ2) is 7.75. The second-order valence-corrected chi connectivity index (χ2v) is 7.67. The summed E-state index contributed by atoms with van der Waals surface area (Å²) in [7, 11) is 0. The van der Waals surface area contributed by atoms with Gasteiger partial charge in [0.15, 0.2) is 0 Å². The number of hydrogen-bond donors (Lipinski definition) is 0. The van der Waals surface area contributed by atoms with E-state index >= 15 is 0 Å². The van der Waals surface area contributed by atoms with Gasteiger partial charge in [-0.3, -0.25) is 24.1 Å². The summed E-state index contributed by atoms with van der Waals surface area (Å²) in [6, 6.07) is 11.1. The maximum absolute atomic E-state index is 13.0. The maximum Gasteiger partial charge on any atom is 0.356 e. The fourth-order valence-electron chi connectivity index (χ4n) is 3.47. The third kappa shape index (κ3) is 3.07. The maximum atomic E-state index is 13.0. The molecule has 0 saturated carbocycles. The topological polar surface area (TPSA) is 101 Å². The Bertz CT molecular complexity index is 1030. The predicted octanol–water partition coefficient (Wildman–Crippen LogP) is 2.16. The number of imide groups is 2. The Morgan fingerprint density at radius 3 is 1.70 bits per heavy atom. The van der Waals surface area contributed by atoms with E-state index in [1.165, 1.54) is 36.0 Å². The van der Waals surface area contributed by atoms with Crippen LogP contribution in [0.5, 0.6) is 0 Å². The lowest BCUT2D eigenvalue weighted by atomic mass is 10.1. The molecule has 0 fully saturated rings. The number of carbonyl (C=O) groups is 5. The lowest BCUT2D eigenvalue weighted by Crippen LogP contribution is -2.48. The lowest BCUT2D eigenvalue weighted by molar-refractivity contribution is -0.173. The smallest absolute Gasteiger partial charge is 0.327 e. The largest absolute Gasteiger partial charge is 0.356 e. The molecule has 2 aliphatic rings. The number of carbonyl (C=O) groups excluding carboxylic acids is 5. The van der Waals surface area contributed by atoms with Crippen LogP contribution in [0.15, 0.2) is 48.5 Å².